The third-order valence-electron chi connectivity index (χ3n) is 2.08. The molecule has 0 aliphatic heterocycles. The number of halogens is 2. The van der Waals surface area contributed by atoms with Crippen LogP contribution in [-0.4, -0.2) is 25.0 Å². The van der Waals surface area contributed by atoms with E-state index in [1.165, 1.54) is 26.2 Å². The van der Waals surface area contributed by atoms with Gasteiger partial charge in [0.25, 0.3) is 5.91 Å². The second-order valence-electron chi connectivity index (χ2n) is 3.34. The summed E-state index contributed by atoms with van der Waals surface area (Å²) in [4.78, 5) is 22.7. The molecule has 1 atom stereocenters. The lowest BCUT2D eigenvalue weighted by molar-refractivity contribution is -0.142. The van der Waals surface area contributed by atoms with Crippen LogP contribution in [0.15, 0.2) is 18.2 Å². The highest BCUT2D eigenvalue weighted by Gasteiger charge is 2.19. The van der Waals surface area contributed by atoms with Gasteiger partial charge < -0.3 is 10.1 Å². The molecule has 0 fully saturated rings. The molecule has 1 aromatic carbocycles. The Morgan fingerprint density at radius 2 is 2.12 bits per heavy atom. The molecule has 0 aromatic heterocycles. The number of nitrogens with one attached hydrogen (secondary N) is 1. The summed E-state index contributed by atoms with van der Waals surface area (Å²) in [7, 11) is 1.20. The van der Waals surface area contributed by atoms with Crippen LogP contribution in [0.3, 0.4) is 0 Å². The van der Waals surface area contributed by atoms with Crippen LogP contribution < -0.4 is 5.32 Å². The lowest BCUT2D eigenvalue weighted by Crippen LogP contribution is -2.39. The lowest BCUT2D eigenvalue weighted by Gasteiger charge is -2.11. The molecule has 17 heavy (non-hydrogen) atoms. The standard InChI is InChI=1S/C11H11ClFNO3/c1-6(11(16)17-2)14-10(15)8-4-3-7(12)5-9(8)13/h3-6H,1-2H3,(H,14,15). The molecule has 0 saturated carbocycles. The smallest absolute Gasteiger partial charge is 0.328 e. The molecule has 92 valence electrons. The van der Waals surface area contributed by atoms with E-state index in [1.54, 1.807) is 0 Å². The van der Waals surface area contributed by atoms with Crippen LogP contribution in [0.5, 0.6) is 0 Å². The molecule has 0 heterocycles. The summed E-state index contributed by atoms with van der Waals surface area (Å²) in [6.07, 6.45) is 0. The van der Waals surface area contributed by atoms with E-state index in [4.69, 9.17) is 11.6 Å². The van der Waals surface area contributed by atoms with Gasteiger partial charge in [-0.3, -0.25) is 4.79 Å². The van der Waals surface area contributed by atoms with E-state index < -0.39 is 23.7 Å². The first-order valence-electron chi connectivity index (χ1n) is 4.79. The highest BCUT2D eigenvalue weighted by atomic mass is 35.5. The van der Waals surface area contributed by atoms with Crippen molar-refractivity contribution >= 4 is 23.5 Å². The van der Waals surface area contributed by atoms with E-state index >= 15 is 0 Å². The molecule has 1 aromatic rings. The van der Waals surface area contributed by atoms with Crippen molar-refractivity contribution in [2.75, 3.05) is 7.11 Å². The predicted octanol–water partition coefficient (Wildman–Crippen LogP) is 1.77. The summed E-state index contributed by atoms with van der Waals surface area (Å²) in [5, 5.41) is 2.51. The zero-order valence-corrected chi connectivity index (χ0v) is 10.0. The Labute approximate surface area is 103 Å². The first kappa shape index (κ1) is 13.4. The summed E-state index contributed by atoms with van der Waals surface area (Å²) in [6.45, 7) is 1.44. The molecule has 0 aliphatic rings. The highest BCUT2D eigenvalue weighted by molar-refractivity contribution is 6.30. The van der Waals surface area contributed by atoms with E-state index in [9.17, 15) is 14.0 Å². The fourth-order valence-corrected chi connectivity index (χ4v) is 1.34. The number of rotatable bonds is 3. The van der Waals surface area contributed by atoms with Gasteiger partial charge in [-0.25, -0.2) is 9.18 Å². The van der Waals surface area contributed by atoms with Gasteiger partial charge >= 0.3 is 5.97 Å². The maximum absolute atomic E-state index is 13.4. The number of carbonyl (C=O) groups is 2. The number of amides is 1. The zero-order valence-electron chi connectivity index (χ0n) is 9.29. The summed E-state index contributed by atoms with van der Waals surface area (Å²) in [6, 6.07) is 2.82. The van der Waals surface area contributed by atoms with Gasteiger partial charge in [0.05, 0.1) is 12.7 Å². The maximum atomic E-state index is 13.4. The Kier molecular flexibility index (Phi) is 4.45. The first-order valence-corrected chi connectivity index (χ1v) is 5.17. The number of methoxy groups -OCH3 is 1. The summed E-state index contributed by atoms with van der Waals surface area (Å²) in [5.41, 5.74) is -0.176. The molecule has 0 spiro atoms. The van der Waals surface area contributed by atoms with E-state index in [1.807, 2.05) is 0 Å². The lowest BCUT2D eigenvalue weighted by atomic mass is 10.2. The van der Waals surface area contributed by atoms with Crippen LogP contribution >= 0.6 is 11.6 Å². The predicted molar refractivity (Wildman–Crippen MR) is 60.4 cm³/mol. The topological polar surface area (TPSA) is 55.4 Å². The molecule has 0 radical (unpaired) electrons. The van der Waals surface area contributed by atoms with Gasteiger partial charge in [0.15, 0.2) is 0 Å². The molecular formula is C11H11ClFNO3. The molecule has 0 aliphatic carbocycles. The van der Waals surface area contributed by atoms with E-state index in [2.05, 4.69) is 10.1 Å². The van der Waals surface area contributed by atoms with Crippen molar-refractivity contribution in [1.29, 1.82) is 0 Å². The largest absolute Gasteiger partial charge is 0.467 e. The van der Waals surface area contributed by atoms with Crippen molar-refractivity contribution in [3.63, 3.8) is 0 Å². The molecule has 4 nitrogen and oxygen atoms in total. The van der Waals surface area contributed by atoms with Crippen LogP contribution in [0.1, 0.15) is 17.3 Å². The van der Waals surface area contributed by atoms with E-state index in [0.717, 1.165) is 6.07 Å². The quantitative estimate of drug-likeness (QED) is 0.842. The zero-order chi connectivity index (χ0) is 13.0. The molecular weight excluding hydrogens is 249 g/mol. The van der Waals surface area contributed by atoms with Crippen LogP contribution in [0, 0.1) is 5.82 Å². The van der Waals surface area contributed by atoms with Crippen LogP contribution in [-0.2, 0) is 9.53 Å². The van der Waals surface area contributed by atoms with Gasteiger partial charge in [-0.1, -0.05) is 11.6 Å². The molecule has 1 rings (SSSR count). The summed E-state index contributed by atoms with van der Waals surface area (Å²) in [5.74, 6) is -2.04. The second-order valence-corrected chi connectivity index (χ2v) is 3.78. The van der Waals surface area contributed by atoms with Crippen molar-refractivity contribution < 1.29 is 18.7 Å². The second kappa shape index (κ2) is 5.63. The Morgan fingerprint density at radius 1 is 1.47 bits per heavy atom. The van der Waals surface area contributed by atoms with Crippen molar-refractivity contribution in [3.05, 3.63) is 34.6 Å². The Hall–Kier alpha value is -1.62. The summed E-state index contributed by atoms with van der Waals surface area (Å²) < 4.78 is 17.8. The molecule has 1 amide bonds. The highest BCUT2D eigenvalue weighted by Crippen LogP contribution is 2.14. The van der Waals surface area contributed by atoms with Crippen molar-refractivity contribution in [2.24, 2.45) is 0 Å². The van der Waals surface area contributed by atoms with Gasteiger partial charge in [-0.05, 0) is 25.1 Å². The fraction of sp³-hybridized carbons (Fsp3) is 0.273. The van der Waals surface area contributed by atoms with Crippen molar-refractivity contribution in [1.82, 2.24) is 5.32 Å². The van der Waals surface area contributed by atoms with E-state index in [0.29, 0.717) is 0 Å². The number of esters is 1. The van der Waals surface area contributed by atoms with Crippen molar-refractivity contribution in [2.45, 2.75) is 13.0 Å². The van der Waals surface area contributed by atoms with Gasteiger partial charge in [0, 0.05) is 5.02 Å². The van der Waals surface area contributed by atoms with Gasteiger partial charge in [0.2, 0.25) is 0 Å². The number of ether oxygens (including phenoxy) is 1. The first-order chi connectivity index (χ1) is 7.95. The fourth-order valence-electron chi connectivity index (χ4n) is 1.18. The van der Waals surface area contributed by atoms with Crippen LogP contribution in [0.4, 0.5) is 4.39 Å². The molecule has 1 unspecified atom stereocenters. The average molecular weight is 260 g/mol. The minimum atomic E-state index is -0.845. The van der Waals surface area contributed by atoms with Crippen LogP contribution in [0.2, 0.25) is 5.02 Å². The Balaban J connectivity index is 2.80. The maximum Gasteiger partial charge on any atom is 0.328 e. The third kappa shape index (κ3) is 3.42. The Morgan fingerprint density at radius 3 is 2.65 bits per heavy atom. The SMILES string of the molecule is COC(=O)C(C)NC(=O)c1ccc(Cl)cc1F. The summed E-state index contributed by atoms with van der Waals surface area (Å²) >= 11 is 5.55. The average Bonchev–Trinajstić information content (AvgIpc) is 2.27. The Bertz CT molecular complexity index is 450. The number of hydrogen-bond acceptors (Lipinski definition) is 3. The normalized spacial score (nSPS) is 11.8. The molecule has 6 heteroatoms. The van der Waals surface area contributed by atoms with E-state index in [-0.39, 0.29) is 10.6 Å². The minimum absolute atomic E-state index is 0.176. The third-order valence-corrected chi connectivity index (χ3v) is 2.31. The molecule has 0 saturated heterocycles. The molecule has 0 bridgehead atoms. The molecule has 1 N–H and O–H groups in total. The van der Waals surface area contributed by atoms with Gasteiger partial charge in [0.1, 0.15) is 11.9 Å². The van der Waals surface area contributed by atoms with Gasteiger partial charge in [-0.15, -0.1) is 0 Å². The minimum Gasteiger partial charge on any atom is -0.467 e. The van der Waals surface area contributed by atoms with Crippen molar-refractivity contribution in [3.8, 4) is 0 Å². The number of carbonyl (C=O) groups excluding carboxylic acids is 2. The monoisotopic (exact) mass is 259 g/mol. The van der Waals surface area contributed by atoms with Gasteiger partial charge in [-0.2, -0.15) is 0 Å². The van der Waals surface area contributed by atoms with Crippen LogP contribution in [0.25, 0.3) is 0 Å². The number of hydrogen-bond donors (Lipinski definition) is 1. The number of benzene rings is 1.